The van der Waals surface area contributed by atoms with E-state index < -0.39 is 0 Å². The average Bonchev–Trinajstić information content (AvgIpc) is 3.19. The van der Waals surface area contributed by atoms with Crippen LogP contribution < -0.4 is 10.3 Å². The topological polar surface area (TPSA) is 59.9 Å². The highest BCUT2D eigenvalue weighted by atomic mass is 35.5. The summed E-state index contributed by atoms with van der Waals surface area (Å²) in [7, 11) is 0. The number of ether oxygens (including phenoxy) is 1. The molecule has 5 aromatic rings. The van der Waals surface area contributed by atoms with Gasteiger partial charge in [0, 0.05) is 21.7 Å². The molecule has 0 spiro atoms. The molecular formula is C25H20ClN3O2S. The van der Waals surface area contributed by atoms with Gasteiger partial charge in [0.15, 0.2) is 5.16 Å². The third-order valence-corrected chi connectivity index (χ3v) is 6.57. The van der Waals surface area contributed by atoms with E-state index in [0.717, 1.165) is 27.9 Å². The zero-order chi connectivity index (χ0) is 22.1. The number of H-pyrrole nitrogens is 1. The zero-order valence-corrected chi connectivity index (χ0v) is 18.9. The summed E-state index contributed by atoms with van der Waals surface area (Å²) in [5.74, 6) is 1.35. The summed E-state index contributed by atoms with van der Waals surface area (Å²) in [6.45, 7) is 2.52. The van der Waals surface area contributed by atoms with Crippen LogP contribution in [0.15, 0.2) is 82.7 Å². The van der Waals surface area contributed by atoms with Crippen LogP contribution in [0.3, 0.4) is 0 Å². The van der Waals surface area contributed by atoms with Crippen LogP contribution in [0.4, 0.5) is 0 Å². The minimum Gasteiger partial charge on any atom is -0.494 e. The van der Waals surface area contributed by atoms with Crippen molar-refractivity contribution in [1.82, 2.24) is 14.5 Å². The lowest BCUT2D eigenvalue weighted by molar-refractivity contribution is 0.340. The summed E-state index contributed by atoms with van der Waals surface area (Å²) in [6, 6.07) is 23.0. The van der Waals surface area contributed by atoms with Gasteiger partial charge in [0.05, 0.1) is 12.3 Å². The van der Waals surface area contributed by atoms with Crippen molar-refractivity contribution >= 4 is 45.3 Å². The second-order valence-electron chi connectivity index (χ2n) is 7.24. The first-order valence-electron chi connectivity index (χ1n) is 10.3. The van der Waals surface area contributed by atoms with Crippen LogP contribution in [0.2, 0.25) is 5.02 Å². The Bertz CT molecular complexity index is 1470. The molecule has 0 atom stereocenters. The Balaban J connectivity index is 1.67. The predicted molar refractivity (Wildman–Crippen MR) is 131 cm³/mol. The SMILES string of the molecule is CCOc1ccc(-n2c(SCc3ccccc3Cl)nc3c([nH]c4ccccc43)c2=O)cc1. The van der Waals surface area contributed by atoms with Crippen LogP contribution in [-0.4, -0.2) is 21.1 Å². The lowest BCUT2D eigenvalue weighted by Gasteiger charge is -2.13. The molecule has 0 fully saturated rings. The highest BCUT2D eigenvalue weighted by molar-refractivity contribution is 7.98. The lowest BCUT2D eigenvalue weighted by atomic mass is 10.2. The van der Waals surface area contributed by atoms with Crippen LogP contribution in [-0.2, 0) is 5.75 Å². The maximum absolute atomic E-state index is 13.6. The molecule has 1 N–H and O–H groups in total. The minimum absolute atomic E-state index is 0.142. The summed E-state index contributed by atoms with van der Waals surface area (Å²) in [4.78, 5) is 21.8. The van der Waals surface area contributed by atoms with Crippen molar-refractivity contribution in [2.24, 2.45) is 0 Å². The Hall–Kier alpha value is -3.22. The third kappa shape index (κ3) is 3.76. The lowest BCUT2D eigenvalue weighted by Crippen LogP contribution is -2.21. The number of para-hydroxylation sites is 1. The molecule has 0 aliphatic carbocycles. The zero-order valence-electron chi connectivity index (χ0n) is 17.3. The van der Waals surface area contributed by atoms with Gasteiger partial charge < -0.3 is 9.72 Å². The quantitative estimate of drug-likeness (QED) is 0.241. The van der Waals surface area contributed by atoms with E-state index in [0.29, 0.717) is 33.6 Å². The van der Waals surface area contributed by atoms with Crippen LogP contribution in [0, 0.1) is 0 Å². The number of fused-ring (bicyclic) bond motifs is 3. The summed E-state index contributed by atoms with van der Waals surface area (Å²) in [6.07, 6.45) is 0. The molecule has 0 amide bonds. The fourth-order valence-corrected chi connectivity index (χ4v) is 4.97. The second kappa shape index (κ2) is 8.73. The highest BCUT2D eigenvalue weighted by Gasteiger charge is 2.17. The maximum Gasteiger partial charge on any atom is 0.283 e. The van der Waals surface area contributed by atoms with E-state index >= 15 is 0 Å². The largest absolute Gasteiger partial charge is 0.494 e. The fraction of sp³-hybridized carbons (Fsp3) is 0.120. The van der Waals surface area contributed by atoms with Crippen molar-refractivity contribution in [2.75, 3.05) is 6.61 Å². The molecule has 5 rings (SSSR count). The van der Waals surface area contributed by atoms with Gasteiger partial charge in [-0.15, -0.1) is 0 Å². The number of aromatic nitrogens is 3. The normalized spacial score (nSPS) is 11.3. The number of halogens is 1. The molecule has 160 valence electrons. The van der Waals surface area contributed by atoms with Crippen molar-refractivity contribution in [3.05, 3.63) is 93.7 Å². The maximum atomic E-state index is 13.6. The number of rotatable bonds is 6. The van der Waals surface area contributed by atoms with E-state index in [-0.39, 0.29) is 5.56 Å². The molecule has 32 heavy (non-hydrogen) atoms. The smallest absolute Gasteiger partial charge is 0.283 e. The molecular weight excluding hydrogens is 442 g/mol. The fourth-order valence-electron chi connectivity index (χ4n) is 3.68. The van der Waals surface area contributed by atoms with E-state index in [1.54, 1.807) is 4.57 Å². The molecule has 0 bridgehead atoms. The Labute approximate surface area is 194 Å². The Kier molecular flexibility index (Phi) is 5.64. The average molecular weight is 462 g/mol. The van der Waals surface area contributed by atoms with E-state index in [1.807, 2.05) is 79.7 Å². The van der Waals surface area contributed by atoms with Gasteiger partial charge in [0.1, 0.15) is 16.8 Å². The van der Waals surface area contributed by atoms with Crippen molar-refractivity contribution in [3.63, 3.8) is 0 Å². The number of nitrogens with zero attached hydrogens (tertiary/aromatic N) is 2. The van der Waals surface area contributed by atoms with Crippen LogP contribution in [0.1, 0.15) is 12.5 Å². The van der Waals surface area contributed by atoms with Gasteiger partial charge in [0.2, 0.25) is 0 Å². The third-order valence-electron chi connectivity index (χ3n) is 5.21. The van der Waals surface area contributed by atoms with Gasteiger partial charge in [-0.05, 0) is 48.9 Å². The first-order chi connectivity index (χ1) is 15.7. The summed E-state index contributed by atoms with van der Waals surface area (Å²) < 4.78 is 7.20. The van der Waals surface area contributed by atoms with Gasteiger partial charge in [-0.1, -0.05) is 59.8 Å². The molecule has 3 aromatic carbocycles. The molecule has 0 unspecified atom stereocenters. The summed E-state index contributed by atoms with van der Waals surface area (Å²) >= 11 is 7.85. The van der Waals surface area contributed by atoms with Gasteiger partial charge >= 0.3 is 0 Å². The van der Waals surface area contributed by atoms with E-state index in [2.05, 4.69) is 4.98 Å². The molecule has 0 saturated carbocycles. The van der Waals surface area contributed by atoms with Crippen LogP contribution >= 0.6 is 23.4 Å². The molecule has 0 aliphatic heterocycles. The van der Waals surface area contributed by atoms with Crippen molar-refractivity contribution in [2.45, 2.75) is 17.8 Å². The summed E-state index contributed by atoms with van der Waals surface area (Å²) in [5.41, 5.74) is 3.63. The molecule has 0 saturated heterocycles. The number of aromatic amines is 1. The Morgan fingerprint density at radius 1 is 1.03 bits per heavy atom. The summed E-state index contributed by atoms with van der Waals surface area (Å²) in [5, 5.41) is 2.23. The molecule has 2 aromatic heterocycles. The van der Waals surface area contributed by atoms with E-state index in [4.69, 9.17) is 21.3 Å². The monoisotopic (exact) mass is 461 g/mol. The first-order valence-corrected chi connectivity index (χ1v) is 11.6. The van der Waals surface area contributed by atoms with Crippen molar-refractivity contribution in [3.8, 4) is 11.4 Å². The molecule has 0 aliphatic rings. The van der Waals surface area contributed by atoms with E-state index in [9.17, 15) is 4.79 Å². The number of benzene rings is 3. The standard InChI is InChI=1S/C25H20ClN3O2S/c1-2-31-18-13-11-17(12-14-18)29-24(30)23-22(19-8-4-6-10-21(19)27-23)28-25(29)32-15-16-7-3-5-9-20(16)26/h3-14,27H,2,15H2,1H3. The first kappa shape index (κ1) is 20.7. The Morgan fingerprint density at radius 2 is 1.78 bits per heavy atom. The minimum atomic E-state index is -0.142. The van der Waals surface area contributed by atoms with Gasteiger partial charge in [-0.25, -0.2) is 4.98 Å². The number of nitrogens with one attached hydrogen (secondary N) is 1. The molecule has 7 heteroatoms. The molecule has 2 heterocycles. The Morgan fingerprint density at radius 3 is 2.56 bits per heavy atom. The van der Waals surface area contributed by atoms with Crippen LogP contribution in [0.5, 0.6) is 5.75 Å². The predicted octanol–water partition coefficient (Wildman–Crippen LogP) is 6.21. The van der Waals surface area contributed by atoms with Crippen molar-refractivity contribution in [1.29, 1.82) is 0 Å². The number of thioether (sulfide) groups is 1. The molecule has 5 nitrogen and oxygen atoms in total. The second-order valence-corrected chi connectivity index (χ2v) is 8.59. The van der Waals surface area contributed by atoms with Gasteiger partial charge in [0.25, 0.3) is 5.56 Å². The van der Waals surface area contributed by atoms with Gasteiger partial charge in [-0.2, -0.15) is 0 Å². The number of hydrogen-bond donors (Lipinski definition) is 1. The highest BCUT2D eigenvalue weighted by Crippen LogP contribution is 2.30. The van der Waals surface area contributed by atoms with E-state index in [1.165, 1.54) is 11.8 Å². The number of hydrogen-bond acceptors (Lipinski definition) is 4. The van der Waals surface area contributed by atoms with Crippen molar-refractivity contribution < 1.29 is 4.74 Å². The molecule has 0 radical (unpaired) electrons. The van der Waals surface area contributed by atoms with Crippen LogP contribution in [0.25, 0.3) is 27.6 Å². The van der Waals surface area contributed by atoms with Gasteiger partial charge in [-0.3, -0.25) is 9.36 Å².